The van der Waals surface area contributed by atoms with Crippen molar-refractivity contribution in [1.82, 2.24) is 10.2 Å². The number of non-ortho nitro benzene ring substituents is 2. The molecule has 1 amide bonds. The molecule has 0 fully saturated rings. The number of carbonyl (C=O) groups is 4. The van der Waals surface area contributed by atoms with Crippen molar-refractivity contribution in [2.24, 2.45) is 0 Å². The third-order valence-electron chi connectivity index (χ3n) is 6.40. The van der Waals surface area contributed by atoms with E-state index in [1.54, 1.807) is 42.5 Å². The monoisotopic (exact) mass is 780 g/mol. The number of hydrogen-bond acceptors (Lipinski definition) is 10. The number of aliphatic carboxylic acids is 3. The van der Waals surface area contributed by atoms with Crippen LogP contribution in [0, 0.1) is 20.2 Å². The fourth-order valence-electron chi connectivity index (χ4n) is 3.93. The zero-order valence-electron chi connectivity index (χ0n) is 27.2. The molecule has 0 unspecified atom stereocenters. The number of alkyl halides is 6. The smallest absolute Gasteiger partial charge is 0.480 e. The molecule has 0 saturated carbocycles. The van der Waals surface area contributed by atoms with Gasteiger partial charge >= 0.3 is 30.3 Å². The highest BCUT2D eigenvalue weighted by Crippen LogP contribution is 2.20. The van der Waals surface area contributed by atoms with Crippen LogP contribution in [-0.4, -0.2) is 84.3 Å². The van der Waals surface area contributed by atoms with Crippen molar-refractivity contribution in [2.45, 2.75) is 44.4 Å². The molecular weight excluding hydrogens is 750 g/mol. The number of benzene rings is 3. The van der Waals surface area contributed by atoms with Gasteiger partial charge in [-0.25, -0.2) is 14.4 Å². The van der Waals surface area contributed by atoms with Crippen LogP contribution in [0.4, 0.5) is 37.7 Å². The predicted molar refractivity (Wildman–Crippen MR) is 175 cm³/mol. The summed E-state index contributed by atoms with van der Waals surface area (Å²) < 4.78 is 63.5. The molecule has 53 heavy (non-hydrogen) atoms. The fraction of sp³-hybridized carbons (Fsp3) is 0.290. The van der Waals surface area contributed by atoms with Crippen LogP contribution in [0.25, 0.3) is 0 Å². The van der Waals surface area contributed by atoms with Gasteiger partial charge in [0.15, 0.2) is 0 Å². The first-order valence-electron chi connectivity index (χ1n) is 14.5. The van der Waals surface area contributed by atoms with Crippen molar-refractivity contribution in [1.29, 1.82) is 0 Å². The van der Waals surface area contributed by atoms with Gasteiger partial charge in [0.1, 0.15) is 6.04 Å². The molecule has 0 spiro atoms. The Kier molecular flexibility index (Phi) is 17.9. The molecule has 3 aromatic carbocycles. The third-order valence-corrected chi connectivity index (χ3v) is 7.05. The molecule has 15 nitrogen and oxygen atoms in total. The van der Waals surface area contributed by atoms with Gasteiger partial charge in [-0.15, -0.1) is 0 Å². The topological polar surface area (TPSA) is 231 Å². The predicted octanol–water partition coefficient (Wildman–Crippen LogP) is 5.91. The van der Waals surface area contributed by atoms with Crippen LogP contribution < -0.4 is 5.32 Å². The Balaban J connectivity index is 0.000000845. The second-order valence-electron chi connectivity index (χ2n) is 10.4. The molecule has 0 saturated heterocycles. The number of nitrogens with one attached hydrogen (secondary N) is 1. The minimum Gasteiger partial charge on any atom is -0.480 e. The minimum absolute atomic E-state index is 0.0171. The third kappa shape index (κ3) is 17.3. The molecule has 0 aliphatic carbocycles. The maximum atomic E-state index is 12.8. The van der Waals surface area contributed by atoms with Gasteiger partial charge in [0.25, 0.3) is 17.3 Å². The maximum Gasteiger partial charge on any atom is 0.490 e. The van der Waals surface area contributed by atoms with Gasteiger partial charge in [0.05, 0.1) is 9.85 Å². The Labute approximate surface area is 299 Å². The molecule has 0 bridgehead atoms. The van der Waals surface area contributed by atoms with Gasteiger partial charge in [-0.3, -0.25) is 29.9 Å². The summed E-state index contributed by atoms with van der Waals surface area (Å²) in [4.78, 5) is 65.3. The second-order valence-corrected chi connectivity index (χ2v) is 11.4. The number of nitro benzene ring substituents is 2. The Morgan fingerprint density at radius 2 is 1.13 bits per heavy atom. The average Bonchev–Trinajstić information content (AvgIpc) is 3.06. The number of rotatable bonds is 14. The summed E-state index contributed by atoms with van der Waals surface area (Å²) >= 11 is 1.50. The molecule has 0 heterocycles. The highest BCUT2D eigenvalue weighted by atomic mass is 32.2. The number of carboxylic acid groups (broad SMARTS) is 3. The minimum atomic E-state index is -5.08. The SMILES string of the molecule is CSCC[C@H](NC(=O)c1cccc(CN(Cc2ccc([N+](=O)[O-])cc2)Cc2ccc([N+](=O)[O-])cc2)c1)C(=O)O.O=C(O)C(F)(F)F.O=C(O)C(F)(F)F. The van der Waals surface area contributed by atoms with E-state index in [0.29, 0.717) is 37.4 Å². The van der Waals surface area contributed by atoms with Gasteiger partial charge in [0, 0.05) is 49.5 Å². The van der Waals surface area contributed by atoms with Gasteiger partial charge in [-0.1, -0.05) is 36.4 Å². The molecule has 0 aliphatic rings. The number of hydrogen-bond donors (Lipinski definition) is 4. The molecular formula is C31H30F6N4O11S. The molecule has 3 rings (SSSR count). The van der Waals surface area contributed by atoms with Crippen LogP contribution in [0.15, 0.2) is 72.8 Å². The first-order chi connectivity index (χ1) is 24.5. The average molecular weight is 781 g/mol. The van der Waals surface area contributed by atoms with Crippen molar-refractivity contribution in [3.05, 3.63) is 115 Å². The number of amides is 1. The standard InChI is InChI=1S/C27H28N4O7S.2C2HF3O2/c1-39-14-13-25(27(33)34)28-26(32)22-4-2-3-21(15-22)18-29(16-19-5-9-23(10-6-19)30(35)36)17-20-7-11-24(12-8-20)31(37)38;2*3-2(4,5)1(6)7/h2-12,15,25H,13-14,16-18H2,1H3,(H,28,32)(H,33,34);2*(H,6,7)/t25-;;/m0../s1. The van der Waals surface area contributed by atoms with Crippen LogP contribution in [0.1, 0.15) is 33.5 Å². The van der Waals surface area contributed by atoms with Crippen molar-refractivity contribution >= 4 is 47.0 Å². The Bertz CT molecular complexity index is 1640. The largest absolute Gasteiger partial charge is 0.490 e. The fourth-order valence-corrected chi connectivity index (χ4v) is 4.41. The van der Waals surface area contributed by atoms with Crippen molar-refractivity contribution < 1.29 is 70.7 Å². The van der Waals surface area contributed by atoms with Crippen LogP contribution in [-0.2, 0) is 34.0 Å². The highest BCUT2D eigenvalue weighted by molar-refractivity contribution is 7.98. The molecule has 0 aromatic heterocycles. The normalized spacial score (nSPS) is 11.5. The summed E-state index contributed by atoms with van der Waals surface area (Å²) in [6, 6.07) is 18.3. The lowest BCUT2D eigenvalue weighted by Gasteiger charge is -2.23. The molecule has 0 aliphatic heterocycles. The second kappa shape index (κ2) is 20.9. The summed E-state index contributed by atoms with van der Waals surface area (Å²) in [5.41, 5.74) is 2.74. The van der Waals surface area contributed by atoms with E-state index in [1.165, 1.54) is 36.0 Å². The zero-order valence-corrected chi connectivity index (χ0v) is 28.0. The summed E-state index contributed by atoms with van der Waals surface area (Å²) in [6.07, 6.45) is -8.00. The number of carboxylic acids is 3. The number of nitrogens with zero attached hydrogens (tertiary/aromatic N) is 3. The van der Waals surface area contributed by atoms with E-state index >= 15 is 0 Å². The van der Waals surface area contributed by atoms with E-state index in [-0.39, 0.29) is 11.4 Å². The summed E-state index contributed by atoms with van der Waals surface area (Å²) in [7, 11) is 0. The van der Waals surface area contributed by atoms with Gasteiger partial charge in [-0.2, -0.15) is 38.1 Å². The maximum absolute atomic E-state index is 12.8. The molecule has 288 valence electrons. The lowest BCUT2D eigenvalue weighted by Crippen LogP contribution is -2.41. The molecule has 1 atom stereocenters. The highest BCUT2D eigenvalue weighted by Gasteiger charge is 2.39. The van der Waals surface area contributed by atoms with Gasteiger partial charge in [-0.05, 0) is 47.3 Å². The lowest BCUT2D eigenvalue weighted by molar-refractivity contribution is -0.385. The number of halogens is 6. The number of nitro groups is 2. The van der Waals surface area contributed by atoms with E-state index in [4.69, 9.17) is 19.8 Å². The Hall–Kier alpha value is -5.77. The van der Waals surface area contributed by atoms with Crippen molar-refractivity contribution in [3.8, 4) is 0 Å². The molecule has 3 aromatic rings. The van der Waals surface area contributed by atoms with E-state index in [2.05, 4.69) is 5.32 Å². The first-order valence-corrected chi connectivity index (χ1v) is 15.8. The van der Waals surface area contributed by atoms with Crippen LogP contribution in [0.5, 0.6) is 0 Å². The van der Waals surface area contributed by atoms with Crippen molar-refractivity contribution in [2.75, 3.05) is 12.0 Å². The summed E-state index contributed by atoms with van der Waals surface area (Å²) in [6.45, 7) is 1.23. The number of carbonyl (C=O) groups excluding carboxylic acids is 1. The lowest BCUT2D eigenvalue weighted by atomic mass is 10.1. The quantitative estimate of drug-likeness (QED) is 0.0848. The molecule has 4 N–H and O–H groups in total. The Morgan fingerprint density at radius 3 is 1.47 bits per heavy atom. The summed E-state index contributed by atoms with van der Waals surface area (Å²) in [5, 5.41) is 48.3. The zero-order chi connectivity index (χ0) is 40.5. The number of thioether (sulfide) groups is 1. The summed E-state index contributed by atoms with van der Waals surface area (Å²) in [5.74, 6) is -6.49. The van der Waals surface area contributed by atoms with E-state index < -0.39 is 52.1 Å². The molecule has 0 radical (unpaired) electrons. The van der Waals surface area contributed by atoms with Gasteiger partial charge in [0.2, 0.25) is 0 Å². The van der Waals surface area contributed by atoms with Crippen LogP contribution >= 0.6 is 11.8 Å². The van der Waals surface area contributed by atoms with E-state index in [0.717, 1.165) is 16.7 Å². The van der Waals surface area contributed by atoms with Crippen LogP contribution in [0.3, 0.4) is 0 Å². The van der Waals surface area contributed by atoms with E-state index in [1.807, 2.05) is 17.2 Å². The van der Waals surface area contributed by atoms with Crippen LogP contribution in [0.2, 0.25) is 0 Å². The first kappa shape index (κ1) is 45.3. The van der Waals surface area contributed by atoms with Gasteiger partial charge < -0.3 is 20.6 Å². The molecule has 22 heteroatoms. The van der Waals surface area contributed by atoms with Crippen molar-refractivity contribution in [3.63, 3.8) is 0 Å². The Morgan fingerprint density at radius 1 is 0.736 bits per heavy atom. The van der Waals surface area contributed by atoms with E-state index in [9.17, 15) is 61.3 Å².